The quantitative estimate of drug-likeness (QED) is 0.635. The van der Waals surface area contributed by atoms with Crippen molar-refractivity contribution < 1.29 is 19.5 Å². The van der Waals surface area contributed by atoms with E-state index in [2.05, 4.69) is 37.8 Å². The van der Waals surface area contributed by atoms with Gasteiger partial charge in [0.05, 0.1) is 12.6 Å². The topological polar surface area (TPSA) is 71.0 Å². The number of rotatable bonds is 4. The lowest BCUT2D eigenvalue weighted by Gasteiger charge is -2.44. The highest BCUT2D eigenvalue weighted by Gasteiger charge is 2.39. The molecule has 0 spiro atoms. The highest BCUT2D eigenvalue weighted by atomic mass is 16.5. The van der Waals surface area contributed by atoms with E-state index in [0.717, 1.165) is 17.0 Å². The zero-order valence-corrected chi connectivity index (χ0v) is 16.2. The van der Waals surface area contributed by atoms with E-state index in [1.165, 1.54) is 0 Å². The van der Waals surface area contributed by atoms with E-state index in [-0.39, 0.29) is 5.54 Å². The van der Waals surface area contributed by atoms with Gasteiger partial charge >= 0.3 is 0 Å². The number of carbonyl (C=O) groups is 1. The molecule has 0 aliphatic carbocycles. The smallest absolute Gasteiger partial charge is 0.274 e. The van der Waals surface area contributed by atoms with Gasteiger partial charge in [-0.15, -0.1) is 0 Å². The molecule has 1 heterocycles. The number of methoxy groups -OCH3 is 1. The minimum atomic E-state index is -0.552. The highest BCUT2D eigenvalue weighted by Crippen LogP contribution is 2.38. The molecule has 0 radical (unpaired) electrons. The number of amides is 1. The molecule has 3 rings (SSSR count). The van der Waals surface area contributed by atoms with Crippen LogP contribution in [0.3, 0.4) is 0 Å². The second-order valence-corrected chi connectivity index (χ2v) is 7.35. The van der Waals surface area contributed by atoms with E-state index in [9.17, 15) is 4.79 Å². The normalized spacial score (nSPS) is 19.1. The lowest BCUT2D eigenvalue weighted by Crippen LogP contribution is -2.53. The summed E-state index contributed by atoms with van der Waals surface area (Å²) in [6, 6.07) is 13.3. The Kier molecular flexibility index (Phi) is 5.28. The van der Waals surface area contributed by atoms with Crippen molar-refractivity contribution in [1.29, 1.82) is 0 Å². The molecule has 2 aromatic rings. The number of carbonyl (C=O) groups excluding carboxylic acids is 1. The summed E-state index contributed by atoms with van der Waals surface area (Å²) in [6.45, 7) is 7.68. The van der Waals surface area contributed by atoms with Crippen LogP contribution >= 0.6 is 0 Å². The maximum absolute atomic E-state index is 11.7. The van der Waals surface area contributed by atoms with E-state index >= 15 is 0 Å². The number of benzene rings is 2. The van der Waals surface area contributed by atoms with E-state index in [4.69, 9.17) is 14.7 Å². The molecule has 27 heavy (non-hydrogen) atoms. The van der Waals surface area contributed by atoms with Crippen LogP contribution in [0.4, 0.5) is 5.69 Å². The van der Waals surface area contributed by atoms with Crippen LogP contribution in [0.2, 0.25) is 0 Å². The summed E-state index contributed by atoms with van der Waals surface area (Å²) in [7, 11) is 1.66. The predicted molar refractivity (Wildman–Crippen MR) is 104 cm³/mol. The van der Waals surface area contributed by atoms with Crippen LogP contribution in [0.5, 0.6) is 11.5 Å². The van der Waals surface area contributed by atoms with Gasteiger partial charge in [0.2, 0.25) is 0 Å². The van der Waals surface area contributed by atoms with Gasteiger partial charge < -0.3 is 14.4 Å². The SMILES string of the molecule is COc1ccc(N2Cc3ccc(C(=O)NO)cc3OC[C@]2(C)C(C)C)cc1. The van der Waals surface area contributed by atoms with Crippen molar-refractivity contribution in [2.45, 2.75) is 32.9 Å². The van der Waals surface area contributed by atoms with Crippen molar-refractivity contribution in [3.05, 3.63) is 53.6 Å². The molecule has 0 fully saturated rings. The van der Waals surface area contributed by atoms with Crippen molar-refractivity contribution >= 4 is 11.6 Å². The summed E-state index contributed by atoms with van der Waals surface area (Å²) in [5.41, 5.74) is 3.86. The maximum atomic E-state index is 11.7. The van der Waals surface area contributed by atoms with Crippen molar-refractivity contribution in [2.24, 2.45) is 5.92 Å². The molecular weight excluding hydrogens is 344 g/mol. The Morgan fingerprint density at radius 3 is 2.56 bits per heavy atom. The standard InChI is InChI=1S/C21H26N2O4/c1-14(2)21(3)13-27-19-11-15(20(24)22-25)5-6-16(19)12-23(21)17-7-9-18(26-4)10-8-17/h5-11,14,25H,12-13H2,1-4H3,(H,22,24)/t21-/m1/s1. The second-order valence-electron chi connectivity index (χ2n) is 7.35. The van der Waals surface area contributed by atoms with Crippen LogP contribution in [-0.2, 0) is 6.54 Å². The molecule has 0 aromatic heterocycles. The first-order valence-corrected chi connectivity index (χ1v) is 9.01. The highest BCUT2D eigenvalue weighted by molar-refractivity contribution is 5.93. The second kappa shape index (κ2) is 7.48. The summed E-state index contributed by atoms with van der Waals surface area (Å²) in [6.07, 6.45) is 0. The lowest BCUT2D eigenvalue weighted by atomic mass is 9.86. The number of nitrogens with one attached hydrogen (secondary N) is 1. The van der Waals surface area contributed by atoms with Gasteiger partial charge in [-0.3, -0.25) is 10.0 Å². The fraction of sp³-hybridized carbons (Fsp3) is 0.381. The lowest BCUT2D eigenvalue weighted by molar-refractivity contribution is 0.0706. The predicted octanol–water partition coefficient (Wildman–Crippen LogP) is 3.63. The van der Waals surface area contributed by atoms with E-state index in [1.54, 1.807) is 24.7 Å². The Labute approximate surface area is 159 Å². The summed E-state index contributed by atoms with van der Waals surface area (Å²) in [5, 5.41) is 8.88. The van der Waals surface area contributed by atoms with Crippen LogP contribution in [-0.4, -0.2) is 30.4 Å². The van der Waals surface area contributed by atoms with Gasteiger partial charge in [-0.2, -0.15) is 0 Å². The Hall–Kier alpha value is -2.73. The average molecular weight is 370 g/mol. The zero-order chi connectivity index (χ0) is 19.6. The maximum Gasteiger partial charge on any atom is 0.274 e. The summed E-state index contributed by atoms with van der Waals surface area (Å²) in [5.74, 6) is 1.26. The third kappa shape index (κ3) is 3.57. The first-order chi connectivity index (χ1) is 12.9. The van der Waals surface area contributed by atoms with E-state index in [1.807, 2.05) is 18.2 Å². The van der Waals surface area contributed by atoms with Crippen molar-refractivity contribution in [1.82, 2.24) is 5.48 Å². The van der Waals surface area contributed by atoms with Gasteiger partial charge in [-0.25, -0.2) is 5.48 Å². The monoisotopic (exact) mass is 370 g/mol. The summed E-state index contributed by atoms with van der Waals surface area (Å²) < 4.78 is 11.4. The van der Waals surface area contributed by atoms with Crippen LogP contribution in [0.15, 0.2) is 42.5 Å². The van der Waals surface area contributed by atoms with Gasteiger partial charge in [-0.05, 0) is 49.2 Å². The molecule has 144 valence electrons. The molecule has 6 heteroatoms. The van der Waals surface area contributed by atoms with Gasteiger partial charge in [0.25, 0.3) is 5.91 Å². The minimum Gasteiger partial charge on any atom is -0.497 e. The first-order valence-electron chi connectivity index (χ1n) is 9.01. The van der Waals surface area contributed by atoms with Crippen LogP contribution in [0.25, 0.3) is 0 Å². The molecule has 1 atom stereocenters. The van der Waals surface area contributed by atoms with Gasteiger partial charge in [0, 0.05) is 23.4 Å². The minimum absolute atomic E-state index is 0.243. The van der Waals surface area contributed by atoms with E-state index in [0.29, 0.717) is 30.4 Å². The number of hydrogen-bond acceptors (Lipinski definition) is 5. The zero-order valence-electron chi connectivity index (χ0n) is 16.2. The molecule has 2 aromatic carbocycles. The first kappa shape index (κ1) is 19.0. The Morgan fingerprint density at radius 2 is 1.96 bits per heavy atom. The van der Waals surface area contributed by atoms with Crippen LogP contribution in [0.1, 0.15) is 36.7 Å². The Morgan fingerprint density at radius 1 is 1.26 bits per heavy atom. The molecule has 1 amide bonds. The average Bonchev–Trinajstić information content (AvgIpc) is 2.84. The summed E-state index contributed by atoms with van der Waals surface area (Å²) >= 11 is 0. The van der Waals surface area contributed by atoms with Crippen molar-refractivity contribution in [3.63, 3.8) is 0 Å². The molecule has 0 saturated heterocycles. The number of hydrogen-bond donors (Lipinski definition) is 2. The number of fused-ring (bicyclic) bond motifs is 1. The fourth-order valence-corrected chi connectivity index (χ4v) is 3.30. The third-order valence-electron chi connectivity index (χ3n) is 5.52. The van der Waals surface area contributed by atoms with E-state index < -0.39 is 5.91 Å². The molecule has 2 N–H and O–H groups in total. The van der Waals surface area contributed by atoms with Crippen molar-refractivity contribution in [2.75, 3.05) is 18.6 Å². The Bertz CT molecular complexity index is 819. The fourth-order valence-electron chi connectivity index (χ4n) is 3.30. The van der Waals surface area contributed by atoms with Gasteiger partial charge in [0.15, 0.2) is 0 Å². The number of nitrogens with zero attached hydrogens (tertiary/aromatic N) is 1. The number of ether oxygens (including phenoxy) is 2. The van der Waals surface area contributed by atoms with Crippen LogP contribution < -0.4 is 19.9 Å². The summed E-state index contributed by atoms with van der Waals surface area (Å²) in [4.78, 5) is 14.1. The number of hydroxylamine groups is 1. The van der Waals surface area contributed by atoms with Crippen molar-refractivity contribution in [3.8, 4) is 11.5 Å². The largest absolute Gasteiger partial charge is 0.497 e. The molecule has 0 bridgehead atoms. The molecule has 1 aliphatic rings. The molecule has 0 saturated carbocycles. The molecule has 6 nitrogen and oxygen atoms in total. The third-order valence-corrected chi connectivity index (χ3v) is 5.52. The van der Waals surface area contributed by atoms with Gasteiger partial charge in [0.1, 0.15) is 18.1 Å². The molecular formula is C21H26N2O4. The van der Waals surface area contributed by atoms with Crippen LogP contribution in [0, 0.1) is 5.92 Å². The van der Waals surface area contributed by atoms with Gasteiger partial charge in [-0.1, -0.05) is 19.9 Å². The number of anilines is 1. The molecule has 0 unspecified atom stereocenters. The Balaban J connectivity index is 2.02. The molecule has 1 aliphatic heterocycles.